The molecule has 0 atom stereocenters. The number of oxime groups is 1. The normalized spacial score (nSPS) is 17.8. The molecule has 5 nitrogen and oxygen atoms in total. The van der Waals surface area contributed by atoms with E-state index in [-0.39, 0.29) is 11.8 Å². The summed E-state index contributed by atoms with van der Waals surface area (Å²) in [6, 6.07) is 0. The third kappa shape index (κ3) is 5.95. The smallest absolute Gasteiger partial charge is 0.306 e. The minimum atomic E-state index is -0.609. The SMILES string of the molecule is CC(N)=NO.O=C(O)C1CCCC1. The van der Waals surface area contributed by atoms with E-state index in [9.17, 15) is 4.79 Å². The van der Waals surface area contributed by atoms with Crippen LogP contribution in [-0.4, -0.2) is 22.1 Å². The number of rotatable bonds is 1. The van der Waals surface area contributed by atoms with E-state index in [1.807, 2.05) is 0 Å². The summed E-state index contributed by atoms with van der Waals surface area (Å²) in [5.74, 6) is -0.442. The van der Waals surface area contributed by atoms with Crippen molar-refractivity contribution in [3.8, 4) is 0 Å². The quantitative estimate of drug-likeness (QED) is 0.248. The molecular formula is C8H16N2O3. The highest BCUT2D eigenvalue weighted by Gasteiger charge is 2.20. The highest BCUT2D eigenvalue weighted by atomic mass is 16.4. The number of aliphatic carboxylic acids is 1. The van der Waals surface area contributed by atoms with E-state index in [0.29, 0.717) is 0 Å². The van der Waals surface area contributed by atoms with Gasteiger partial charge in [-0.05, 0) is 19.8 Å². The Labute approximate surface area is 77.2 Å². The molecular weight excluding hydrogens is 172 g/mol. The van der Waals surface area contributed by atoms with Gasteiger partial charge in [-0.3, -0.25) is 4.79 Å². The van der Waals surface area contributed by atoms with Gasteiger partial charge in [0, 0.05) is 0 Å². The number of carboxylic acids is 1. The van der Waals surface area contributed by atoms with E-state index < -0.39 is 5.97 Å². The maximum absolute atomic E-state index is 10.2. The van der Waals surface area contributed by atoms with Gasteiger partial charge in [0.15, 0.2) is 0 Å². The van der Waals surface area contributed by atoms with Crippen molar-refractivity contribution in [3.05, 3.63) is 0 Å². The average Bonchev–Trinajstić information content (AvgIpc) is 2.57. The largest absolute Gasteiger partial charge is 0.481 e. The summed E-state index contributed by atoms with van der Waals surface area (Å²) in [4.78, 5) is 10.2. The fourth-order valence-electron chi connectivity index (χ4n) is 1.17. The van der Waals surface area contributed by atoms with Crippen LogP contribution < -0.4 is 5.73 Å². The molecule has 13 heavy (non-hydrogen) atoms. The molecule has 0 aromatic carbocycles. The summed E-state index contributed by atoms with van der Waals surface area (Å²) < 4.78 is 0. The fraction of sp³-hybridized carbons (Fsp3) is 0.750. The van der Waals surface area contributed by atoms with Gasteiger partial charge in [-0.25, -0.2) is 0 Å². The highest BCUT2D eigenvalue weighted by molar-refractivity contribution is 5.76. The van der Waals surface area contributed by atoms with Gasteiger partial charge in [-0.2, -0.15) is 0 Å². The third-order valence-electron chi connectivity index (χ3n) is 1.86. The van der Waals surface area contributed by atoms with Gasteiger partial charge in [0.1, 0.15) is 5.84 Å². The molecule has 0 unspecified atom stereocenters. The minimum absolute atomic E-state index is 0.0185. The zero-order valence-corrected chi connectivity index (χ0v) is 7.73. The van der Waals surface area contributed by atoms with Crippen LogP contribution in [0.5, 0.6) is 0 Å². The van der Waals surface area contributed by atoms with Crippen molar-refractivity contribution in [2.75, 3.05) is 0 Å². The second-order valence-corrected chi connectivity index (χ2v) is 3.06. The fourth-order valence-corrected chi connectivity index (χ4v) is 1.17. The van der Waals surface area contributed by atoms with Gasteiger partial charge in [-0.1, -0.05) is 18.0 Å². The third-order valence-corrected chi connectivity index (χ3v) is 1.86. The second-order valence-electron chi connectivity index (χ2n) is 3.06. The van der Waals surface area contributed by atoms with Crippen LogP contribution in [0.1, 0.15) is 32.6 Å². The Balaban J connectivity index is 0.000000252. The van der Waals surface area contributed by atoms with E-state index in [1.165, 1.54) is 6.92 Å². The molecule has 1 aliphatic carbocycles. The van der Waals surface area contributed by atoms with Gasteiger partial charge in [0.05, 0.1) is 5.92 Å². The zero-order valence-electron chi connectivity index (χ0n) is 7.73. The second kappa shape index (κ2) is 6.28. The molecule has 0 spiro atoms. The van der Waals surface area contributed by atoms with Gasteiger partial charge in [0.2, 0.25) is 0 Å². The zero-order chi connectivity index (χ0) is 10.3. The molecule has 4 N–H and O–H groups in total. The summed E-state index contributed by atoms with van der Waals surface area (Å²) in [7, 11) is 0. The minimum Gasteiger partial charge on any atom is -0.481 e. The Kier molecular flexibility index (Phi) is 5.67. The lowest BCUT2D eigenvalue weighted by atomic mass is 10.1. The van der Waals surface area contributed by atoms with Crippen molar-refractivity contribution >= 4 is 11.8 Å². The Morgan fingerprint density at radius 1 is 1.46 bits per heavy atom. The van der Waals surface area contributed by atoms with E-state index in [4.69, 9.17) is 16.0 Å². The monoisotopic (exact) mass is 188 g/mol. The summed E-state index contributed by atoms with van der Waals surface area (Å²) in [5, 5.41) is 18.6. The van der Waals surface area contributed by atoms with Crippen LogP contribution in [0.4, 0.5) is 0 Å². The predicted molar refractivity (Wildman–Crippen MR) is 48.7 cm³/mol. The van der Waals surface area contributed by atoms with E-state index in [1.54, 1.807) is 0 Å². The lowest BCUT2D eigenvalue weighted by Crippen LogP contribution is -2.07. The number of nitrogens with two attached hydrogens (primary N) is 1. The van der Waals surface area contributed by atoms with Gasteiger partial charge in [-0.15, -0.1) is 0 Å². The number of hydrogen-bond donors (Lipinski definition) is 3. The number of hydrogen-bond acceptors (Lipinski definition) is 3. The topological polar surface area (TPSA) is 95.9 Å². The maximum Gasteiger partial charge on any atom is 0.306 e. The first-order valence-electron chi connectivity index (χ1n) is 4.25. The Bertz CT molecular complexity index is 182. The summed E-state index contributed by atoms with van der Waals surface area (Å²) in [5.41, 5.74) is 4.79. The molecule has 0 aromatic heterocycles. The predicted octanol–water partition coefficient (Wildman–Crippen LogP) is 1.01. The van der Waals surface area contributed by atoms with Crippen LogP contribution in [0.3, 0.4) is 0 Å². The van der Waals surface area contributed by atoms with Crippen molar-refractivity contribution in [2.45, 2.75) is 32.6 Å². The van der Waals surface area contributed by atoms with Gasteiger partial charge in [0.25, 0.3) is 0 Å². The first-order chi connectivity index (χ1) is 6.07. The molecule has 0 bridgehead atoms. The standard InChI is InChI=1S/C6H10O2.C2H6N2O/c7-6(8)5-3-1-2-4-5;1-2(3)4-5/h5H,1-4H2,(H,7,8);5H,1H3,(H2,3,4). The lowest BCUT2D eigenvalue weighted by Gasteiger charge is -1.97. The molecule has 0 radical (unpaired) electrons. The van der Waals surface area contributed by atoms with Crippen molar-refractivity contribution in [3.63, 3.8) is 0 Å². The van der Waals surface area contributed by atoms with Crippen LogP contribution in [-0.2, 0) is 4.79 Å². The molecule has 1 rings (SSSR count). The number of carboxylic acid groups (broad SMARTS) is 1. The summed E-state index contributed by atoms with van der Waals surface area (Å²) in [6.45, 7) is 1.50. The molecule has 0 saturated heterocycles. The van der Waals surface area contributed by atoms with Crippen LogP contribution in [0.2, 0.25) is 0 Å². The summed E-state index contributed by atoms with van der Waals surface area (Å²) in [6.07, 6.45) is 4.01. The van der Waals surface area contributed by atoms with Crippen LogP contribution in [0, 0.1) is 5.92 Å². The summed E-state index contributed by atoms with van der Waals surface area (Å²) >= 11 is 0. The van der Waals surface area contributed by atoms with E-state index in [2.05, 4.69) is 5.16 Å². The maximum atomic E-state index is 10.2. The molecule has 1 saturated carbocycles. The first-order valence-corrected chi connectivity index (χ1v) is 4.25. The molecule has 0 heterocycles. The molecule has 5 heteroatoms. The van der Waals surface area contributed by atoms with Crippen molar-refractivity contribution in [2.24, 2.45) is 16.8 Å². The Hall–Kier alpha value is -1.26. The average molecular weight is 188 g/mol. The van der Waals surface area contributed by atoms with Crippen molar-refractivity contribution in [1.82, 2.24) is 0 Å². The molecule has 0 amide bonds. The van der Waals surface area contributed by atoms with Crippen LogP contribution in [0.15, 0.2) is 5.16 Å². The van der Waals surface area contributed by atoms with Crippen molar-refractivity contribution in [1.29, 1.82) is 0 Å². The Morgan fingerprint density at radius 3 is 2.00 bits per heavy atom. The number of amidine groups is 1. The van der Waals surface area contributed by atoms with Crippen LogP contribution in [0.25, 0.3) is 0 Å². The Morgan fingerprint density at radius 2 is 1.85 bits per heavy atom. The van der Waals surface area contributed by atoms with E-state index >= 15 is 0 Å². The van der Waals surface area contributed by atoms with Gasteiger partial charge >= 0.3 is 5.97 Å². The highest BCUT2D eigenvalue weighted by Crippen LogP contribution is 2.24. The molecule has 1 aliphatic rings. The van der Waals surface area contributed by atoms with Gasteiger partial charge < -0.3 is 16.0 Å². The number of nitrogens with zero attached hydrogens (tertiary/aromatic N) is 1. The lowest BCUT2D eigenvalue weighted by molar-refractivity contribution is -0.141. The molecule has 76 valence electrons. The first kappa shape index (κ1) is 11.7. The van der Waals surface area contributed by atoms with E-state index in [0.717, 1.165) is 25.7 Å². The van der Waals surface area contributed by atoms with Crippen molar-refractivity contribution < 1.29 is 15.1 Å². The molecule has 0 aromatic rings. The van der Waals surface area contributed by atoms with Crippen LogP contribution >= 0.6 is 0 Å². The number of carbonyl (C=O) groups is 1. The molecule has 0 aliphatic heterocycles. The molecule has 1 fully saturated rings.